The van der Waals surface area contributed by atoms with Crippen LogP contribution in [0.2, 0.25) is 5.02 Å². The molecule has 0 aliphatic carbocycles. The third-order valence-electron chi connectivity index (χ3n) is 2.87. The normalized spacial score (nSPS) is 10.8. The second kappa shape index (κ2) is 5.45. The lowest BCUT2D eigenvalue weighted by Gasteiger charge is -2.12. The monoisotopic (exact) mass is 277 g/mol. The molecule has 2 aromatic rings. The zero-order valence-electron chi connectivity index (χ0n) is 11.1. The highest BCUT2D eigenvalue weighted by Gasteiger charge is 2.11. The third-order valence-corrected chi connectivity index (χ3v) is 3.23. The van der Waals surface area contributed by atoms with Gasteiger partial charge in [0.2, 0.25) is 5.88 Å². The number of nitrogen functional groups attached to an aromatic ring is 1. The first-order valence-electron chi connectivity index (χ1n) is 6.03. The van der Waals surface area contributed by atoms with Crippen LogP contribution in [0.4, 0.5) is 5.82 Å². The Morgan fingerprint density at radius 3 is 2.68 bits per heavy atom. The van der Waals surface area contributed by atoms with E-state index >= 15 is 0 Å². The highest BCUT2D eigenvalue weighted by molar-refractivity contribution is 6.34. The van der Waals surface area contributed by atoms with Gasteiger partial charge in [-0.15, -0.1) is 0 Å². The van der Waals surface area contributed by atoms with E-state index in [9.17, 15) is 0 Å². The van der Waals surface area contributed by atoms with Gasteiger partial charge < -0.3 is 10.5 Å². The molecule has 0 atom stereocenters. The van der Waals surface area contributed by atoms with Crippen LogP contribution in [-0.2, 0) is 0 Å². The van der Waals surface area contributed by atoms with Gasteiger partial charge in [0, 0.05) is 0 Å². The van der Waals surface area contributed by atoms with E-state index in [1.54, 1.807) is 0 Å². The van der Waals surface area contributed by atoms with Crippen LogP contribution < -0.4 is 10.5 Å². The van der Waals surface area contributed by atoms with Crippen molar-refractivity contribution in [3.8, 4) is 11.6 Å². The molecule has 0 amide bonds. The molecule has 0 bridgehead atoms. The van der Waals surface area contributed by atoms with Gasteiger partial charge in [-0.3, -0.25) is 0 Å². The maximum Gasteiger partial charge on any atom is 0.243 e. The summed E-state index contributed by atoms with van der Waals surface area (Å²) in [4.78, 5) is 7.81. The van der Waals surface area contributed by atoms with Gasteiger partial charge in [0.15, 0.2) is 0 Å². The molecule has 1 heterocycles. The highest BCUT2D eigenvalue weighted by Crippen LogP contribution is 2.32. The van der Waals surface area contributed by atoms with Crippen LogP contribution in [-0.4, -0.2) is 9.97 Å². The predicted molar refractivity (Wildman–Crippen MR) is 76.8 cm³/mol. The number of anilines is 1. The van der Waals surface area contributed by atoms with Gasteiger partial charge in [-0.1, -0.05) is 37.6 Å². The maximum atomic E-state index is 6.02. The zero-order chi connectivity index (χ0) is 14.0. The number of halogens is 1. The standard InChI is InChI=1S/C14H16ClN3O/c1-8(2)10-5-4-9(3)11(6-10)19-14-12(15)13(16)17-7-18-14/h4-8H,1-3H3,(H2,16,17,18). The fourth-order valence-corrected chi connectivity index (χ4v) is 1.76. The summed E-state index contributed by atoms with van der Waals surface area (Å²) in [6, 6.07) is 6.10. The van der Waals surface area contributed by atoms with Crippen LogP contribution in [0.25, 0.3) is 0 Å². The Bertz CT molecular complexity index is 599. The van der Waals surface area contributed by atoms with Crippen LogP contribution in [0.15, 0.2) is 24.5 Å². The molecule has 0 spiro atoms. The number of benzene rings is 1. The maximum absolute atomic E-state index is 6.02. The lowest BCUT2D eigenvalue weighted by Crippen LogP contribution is -1.98. The Balaban J connectivity index is 2.37. The average molecular weight is 278 g/mol. The van der Waals surface area contributed by atoms with E-state index < -0.39 is 0 Å². The summed E-state index contributed by atoms with van der Waals surface area (Å²) < 4.78 is 5.75. The molecule has 0 saturated heterocycles. The molecule has 0 aliphatic heterocycles. The Kier molecular flexibility index (Phi) is 3.90. The Morgan fingerprint density at radius 1 is 1.26 bits per heavy atom. The molecular formula is C14H16ClN3O. The van der Waals surface area contributed by atoms with Crippen molar-refractivity contribution < 1.29 is 4.74 Å². The van der Waals surface area contributed by atoms with Crippen LogP contribution in [0.5, 0.6) is 11.6 Å². The fraction of sp³-hybridized carbons (Fsp3) is 0.286. The molecule has 5 heteroatoms. The van der Waals surface area contributed by atoms with Gasteiger partial charge >= 0.3 is 0 Å². The minimum atomic E-state index is 0.212. The second-order valence-corrected chi connectivity index (χ2v) is 5.04. The third kappa shape index (κ3) is 2.96. The summed E-state index contributed by atoms with van der Waals surface area (Å²) in [5.41, 5.74) is 7.83. The summed E-state index contributed by atoms with van der Waals surface area (Å²) in [5, 5.41) is 0.233. The quantitative estimate of drug-likeness (QED) is 0.923. The topological polar surface area (TPSA) is 61.0 Å². The van der Waals surface area contributed by atoms with Crippen LogP contribution in [0, 0.1) is 6.92 Å². The van der Waals surface area contributed by atoms with Gasteiger partial charge in [-0.05, 0) is 30.0 Å². The number of aryl methyl sites for hydroxylation is 1. The molecule has 4 nitrogen and oxygen atoms in total. The molecule has 0 fully saturated rings. The summed E-state index contributed by atoms with van der Waals surface area (Å²) in [7, 11) is 0. The molecular weight excluding hydrogens is 262 g/mol. The van der Waals surface area contributed by atoms with Crippen molar-refractivity contribution in [1.82, 2.24) is 9.97 Å². The summed E-state index contributed by atoms with van der Waals surface area (Å²) >= 11 is 6.02. The molecule has 100 valence electrons. The van der Waals surface area contributed by atoms with E-state index in [-0.39, 0.29) is 16.7 Å². The number of aromatic nitrogens is 2. The van der Waals surface area contributed by atoms with E-state index in [1.807, 2.05) is 19.1 Å². The fourth-order valence-electron chi connectivity index (χ4n) is 1.63. The highest BCUT2D eigenvalue weighted by atomic mass is 35.5. The lowest BCUT2D eigenvalue weighted by atomic mass is 10.0. The van der Waals surface area contributed by atoms with Gasteiger partial charge in [-0.2, -0.15) is 4.98 Å². The molecule has 1 aromatic heterocycles. The molecule has 19 heavy (non-hydrogen) atoms. The molecule has 0 unspecified atom stereocenters. The number of rotatable bonds is 3. The smallest absolute Gasteiger partial charge is 0.243 e. The summed E-state index contributed by atoms with van der Waals surface area (Å²) in [6.07, 6.45) is 1.33. The number of nitrogens with two attached hydrogens (primary N) is 1. The van der Waals surface area contributed by atoms with Crippen LogP contribution in [0.1, 0.15) is 30.9 Å². The SMILES string of the molecule is Cc1ccc(C(C)C)cc1Oc1ncnc(N)c1Cl. The summed E-state index contributed by atoms with van der Waals surface area (Å²) in [5.74, 6) is 1.64. The number of ether oxygens (including phenoxy) is 1. The number of hydrogen-bond acceptors (Lipinski definition) is 4. The van der Waals surface area contributed by atoms with Gasteiger partial charge in [0.1, 0.15) is 22.9 Å². The molecule has 0 saturated carbocycles. The van der Waals surface area contributed by atoms with Crippen molar-refractivity contribution in [2.75, 3.05) is 5.73 Å². The van der Waals surface area contributed by atoms with E-state index in [4.69, 9.17) is 22.1 Å². The van der Waals surface area contributed by atoms with Crippen LogP contribution in [0.3, 0.4) is 0 Å². The molecule has 0 radical (unpaired) electrons. The van der Waals surface area contributed by atoms with E-state index in [0.29, 0.717) is 5.92 Å². The van der Waals surface area contributed by atoms with Crippen molar-refractivity contribution >= 4 is 17.4 Å². The molecule has 2 N–H and O–H groups in total. The first kappa shape index (κ1) is 13.6. The Morgan fingerprint density at radius 2 is 2.00 bits per heavy atom. The minimum Gasteiger partial charge on any atom is -0.437 e. The Hall–Kier alpha value is -1.81. The second-order valence-electron chi connectivity index (χ2n) is 4.66. The number of hydrogen-bond donors (Lipinski definition) is 1. The van der Waals surface area contributed by atoms with Crippen molar-refractivity contribution in [1.29, 1.82) is 0 Å². The zero-order valence-corrected chi connectivity index (χ0v) is 11.9. The van der Waals surface area contributed by atoms with E-state index in [1.165, 1.54) is 11.9 Å². The van der Waals surface area contributed by atoms with E-state index in [2.05, 4.69) is 29.9 Å². The Labute approximate surface area is 117 Å². The largest absolute Gasteiger partial charge is 0.437 e. The lowest BCUT2D eigenvalue weighted by molar-refractivity contribution is 0.458. The molecule has 1 aromatic carbocycles. The van der Waals surface area contributed by atoms with Crippen LogP contribution >= 0.6 is 11.6 Å². The van der Waals surface area contributed by atoms with Crippen molar-refractivity contribution in [2.45, 2.75) is 26.7 Å². The van der Waals surface area contributed by atoms with Gasteiger partial charge in [0.05, 0.1) is 0 Å². The molecule has 0 aliphatic rings. The molecule has 2 rings (SSSR count). The predicted octanol–water partition coefficient (Wildman–Crippen LogP) is 3.94. The number of nitrogens with zero attached hydrogens (tertiary/aromatic N) is 2. The van der Waals surface area contributed by atoms with Gasteiger partial charge in [-0.25, -0.2) is 4.98 Å². The van der Waals surface area contributed by atoms with Crippen molar-refractivity contribution in [3.63, 3.8) is 0 Å². The van der Waals surface area contributed by atoms with Gasteiger partial charge in [0.25, 0.3) is 0 Å². The summed E-state index contributed by atoms with van der Waals surface area (Å²) in [6.45, 7) is 6.23. The first-order chi connectivity index (χ1) is 8.99. The van der Waals surface area contributed by atoms with E-state index in [0.717, 1.165) is 11.3 Å². The van der Waals surface area contributed by atoms with Crippen molar-refractivity contribution in [2.24, 2.45) is 0 Å². The average Bonchev–Trinajstić information content (AvgIpc) is 2.37. The van der Waals surface area contributed by atoms with Crippen molar-refractivity contribution in [3.05, 3.63) is 40.7 Å². The minimum absolute atomic E-state index is 0.212. The first-order valence-corrected chi connectivity index (χ1v) is 6.41.